The van der Waals surface area contributed by atoms with Gasteiger partial charge in [-0.05, 0) is 37.1 Å². The monoisotopic (exact) mass is 463 g/mol. The minimum Gasteiger partial charge on any atom is -0.493 e. The predicted molar refractivity (Wildman–Crippen MR) is 116 cm³/mol. The highest BCUT2D eigenvalue weighted by atomic mass is 32.2. The normalized spacial score (nSPS) is 17.5. The van der Waals surface area contributed by atoms with E-state index in [9.17, 15) is 12.8 Å². The molecule has 0 saturated carbocycles. The van der Waals surface area contributed by atoms with Crippen LogP contribution in [-0.2, 0) is 10.0 Å². The van der Waals surface area contributed by atoms with Gasteiger partial charge in [0.25, 0.3) is 0 Å². The van der Waals surface area contributed by atoms with E-state index >= 15 is 0 Å². The lowest BCUT2D eigenvalue weighted by atomic mass is 10.0. The molecule has 0 radical (unpaired) electrons. The molecule has 2 heterocycles. The first kappa shape index (κ1) is 21.7. The van der Waals surface area contributed by atoms with Gasteiger partial charge in [-0.2, -0.15) is 4.31 Å². The predicted octanol–water partition coefficient (Wildman–Crippen LogP) is 3.93. The van der Waals surface area contributed by atoms with Crippen molar-refractivity contribution in [3.8, 4) is 22.1 Å². The first-order chi connectivity index (χ1) is 14.9. The van der Waals surface area contributed by atoms with Crippen LogP contribution >= 0.6 is 11.3 Å². The van der Waals surface area contributed by atoms with Crippen LogP contribution in [0.2, 0.25) is 0 Å². The smallest absolute Gasteiger partial charge is 0.243 e. The number of halogens is 1. The zero-order valence-corrected chi connectivity index (χ0v) is 18.7. The van der Waals surface area contributed by atoms with Crippen LogP contribution in [0.5, 0.6) is 11.5 Å². The second-order valence-corrected chi connectivity index (χ2v) is 10.1. The molecule has 164 valence electrons. The molecule has 0 amide bonds. The molecular weight excluding hydrogens is 441 g/mol. The Morgan fingerprint density at radius 2 is 1.87 bits per heavy atom. The summed E-state index contributed by atoms with van der Waals surface area (Å²) in [6.07, 6.45) is 1.50. The number of sulfonamides is 1. The van der Waals surface area contributed by atoms with Crippen molar-refractivity contribution in [2.24, 2.45) is 0 Å². The molecule has 2 aromatic carbocycles. The summed E-state index contributed by atoms with van der Waals surface area (Å²) in [6.45, 7) is 0.717. The third-order valence-corrected chi connectivity index (χ3v) is 8.25. The van der Waals surface area contributed by atoms with Gasteiger partial charge in [-0.1, -0.05) is 23.5 Å². The van der Waals surface area contributed by atoms with Crippen LogP contribution in [0.15, 0.2) is 47.4 Å². The Bertz CT molecular complexity index is 1180. The highest BCUT2D eigenvalue weighted by Gasteiger charge is 2.33. The molecule has 4 rings (SSSR count). The van der Waals surface area contributed by atoms with E-state index in [2.05, 4.69) is 10.2 Å². The number of hydrogen-bond donors (Lipinski definition) is 0. The molecule has 1 atom stereocenters. The van der Waals surface area contributed by atoms with Crippen molar-refractivity contribution in [3.63, 3.8) is 0 Å². The summed E-state index contributed by atoms with van der Waals surface area (Å²) in [5.74, 6) is 0.372. The van der Waals surface area contributed by atoms with Gasteiger partial charge in [0.2, 0.25) is 10.0 Å². The number of piperidine rings is 1. The standard InChI is InChI=1S/C21H22FN3O4S2/c1-28-18-10-9-15(12-19(18)29-2)31(26,27)25-11-5-6-14(13-25)20-23-24-21(30-20)16-7-3-4-8-17(16)22/h3-4,7-10,12,14H,5-6,11,13H2,1-2H3. The summed E-state index contributed by atoms with van der Waals surface area (Å²) in [6, 6.07) is 11.0. The van der Waals surface area contributed by atoms with Crippen LogP contribution in [0.1, 0.15) is 23.8 Å². The van der Waals surface area contributed by atoms with Crippen molar-refractivity contribution in [1.29, 1.82) is 0 Å². The summed E-state index contributed by atoms with van der Waals surface area (Å²) in [4.78, 5) is 0.148. The Morgan fingerprint density at radius 1 is 1.10 bits per heavy atom. The maximum atomic E-state index is 14.1. The van der Waals surface area contributed by atoms with E-state index in [0.29, 0.717) is 46.6 Å². The molecule has 0 bridgehead atoms. The SMILES string of the molecule is COc1ccc(S(=O)(=O)N2CCCC(c3nnc(-c4ccccc4F)s3)C2)cc1OC. The average Bonchev–Trinajstić information content (AvgIpc) is 3.29. The fraction of sp³-hybridized carbons (Fsp3) is 0.333. The van der Waals surface area contributed by atoms with Gasteiger partial charge in [0.15, 0.2) is 16.5 Å². The van der Waals surface area contributed by atoms with E-state index < -0.39 is 10.0 Å². The molecule has 1 fully saturated rings. The first-order valence-corrected chi connectivity index (χ1v) is 12.0. The molecular formula is C21H22FN3O4S2. The molecule has 0 N–H and O–H groups in total. The van der Waals surface area contributed by atoms with Gasteiger partial charge in [0, 0.05) is 30.6 Å². The van der Waals surface area contributed by atoms with Gasteiger partial charge in [-0.25, -0.2) is 12.8 Å². The van der Waals surface area contributed by atoms with Crippen LogP contribution in [0.3, 0.4) is 0 Å². The molecule has 1 aromatic heterocycles. The van der Waals surface area contributed by atoms with Crippen molar-refractivity contribution < 1.29 is 22.3 Å². The van der Waals surface area contributed by atoms with Crippen LogP contribution < -0.4 is 9.47 Å². The van der Waals surface area contributed by atoms with E-state index in [1.807, 2.05) is 0 Å². The number of ether oxygens (including phenoxy) is 2. The van der Waals surface area contributed by atoms with E-state index in [-0.39, 0.29) is 16.6 Å². The van der Waals surface area contributed by atoms with Crippen molar-refractivity contribution in [2.45, 2.75) is 23.7 Å². The summed E-state index contributed by atoms with van der Waals surface area (Å²) in [5, 5.41) is 9.59. The summed E-state index contributed by atoms with van der Waals surface area (Å²) < 4.78 is 52.5. The van der Waals surface area contributed by atoms with Gasteiger partial charge < -0.3 is 9.47 Å². The zero-order valence-electron chi connectivity index (χ0n) is 17.1. The molecule has 1 saturated heterocycles. The Morgan fingerprint density at radius 3 is 2.61 bits per heavy atom. The minimum absolute atomic E-state index is 0.0957. The number of nitrogens with zero attached hydrogens (tertiary/aromatic N) is 3. The highest BCUT2D eigenvalue weighted by molar-refractivity contribution is 7.89. The van der Waals surface area contributed by atoms with Gasteiger partial charge in [-0.15, -0.1) is 10.2 Å². The van der Waals surface area contributed by atoms with E-state index in [1.165, 1.54) is 48.1 Å². The Kier molecular flexibility index (Phi) is 6.22. The third-order valence-electron chi connectivity index (χ3n) is 5.27. The molecule has 7 nitrogen and oxygen atoms in total. The number of aromatic nitrogens is 2. The van der Waals surface area contributed by atoms with Gasteiger partial charge >= 0.3 is 0 Å². The maximum absolute atomic E-state index is 14.1. The Labute approximate surface area is 184 Å². The lowest BCUT2D eigenvalue weighted by molar-refractivity contribution is 0.314. The first-order valence-electron chi connectivity index (χ1n) is 9.74. The number of methoxy groups -OCH3 is 2. The van der Waals surface area contributed by atoms with E-state index in [1.54, 1.807) is 24.3 Å². The fourth-order valence-corrected chi connectivity index (χ4v) is 6.17. The molecule has 1 unspecified atom stereocenters. The number of benzene rings is 2. The second kappa shape index (κ2) is 8.89. The number of hydrogen-bond acceptors (Lipinski definition) is 7. The lowest BCUT2D eigenvalue weighted by Gasteiger charge is -2.30. The van der Waals surface area contributed by atoms with Crippen LogP contribution in [0, 0.1) is 5.82 Å². The molecule has 10 heteroatoms. The largest absolute Gasteiger partial charge is 0.493 e. The van der Waals surface area contributed by atoms with Gasteiger partial charge in [0.1, 0.15) is 10.8 Å². The molecule has 3 aromatic rings. The minimum atomic E-state index is -3.72. The summed E-state index contributed by atoms with van der Waals surface area (Å²) >= 11 is 1.31. The summed E-state index contributed by atoms with van der Waals surface area (Å²) in [7, 11) is -0.753. The zero-order chi connectivity index (χ0) is 22.0. The Hall–Kier alpha value is -2.56. The Balaban J connectivity index is 1.57. The summed E-state index contributed by atoms with van der Waals surface area (Å²) in [5.41, 5.74) is 0.400. The highest BCUT2D eigenvalue weighted by Crippen LogP contribution is 2.36. The molecule has 31 heavy (non-hydrogen) atoms. The van der Waals surface area contributed by atoms with E-state index in [0.717, 1.165) is 6.42 Å². The fourth-order valence-electron chi connectivity index (χ4n) is 3.63. The van der Waals surface area contributed by atoms with Crippen LogP contribution in [0.4, 0.5) is 4.39 Å². The van der Waals surface area contributed by atoms with E-state index in [4.69, 9.17) is 9.47 Å². The molecule has 1 aliphatic rings. The lowest BCUT2D eigenvalue weighted by Crippen LogP contribution is -2.39. The molecule has 0 aliphatic carbocycles. The maximum Gasteiger partial charge on any atom is 0.243 e. The quantitative estimate of drug-likeness (QED) is 0.551. The number of rotatable bonds is 6. The molecule has 0 spiro atoms. The van der Waals surface area contributed by atoms with Gasteiger partial charge in [-0.3, -0.25) is 0 Å². The van der Waals surface area contributed by atoms with Crippen molar-refractivity contribution in [2.75, 3.05) is 27.3 Å². The average molecular weight is 464 g/mol. The van der Waals surface area contributed by atoms with Crippen molar-refractivity contribution in [3.05, 3.63) is 53.3 Å². The third kappa shape index (κ3) is 4.28. The van der Waals surface area contributed by atoms with Crippen molar-refractivity contribution >= 4 is 21.4 Å². The second-order valence-electron chi connectivity index (χ2n) is 7.14. The molecule has 1 aliphatic heterocycles. The van der Waals surface area contributed by atoms with Crippen molar-refractivity contribution in [1.82, 2.24) is 14.5 Å². The van der Waals surface area contributed by atoms with Gasteiger partial charge in [0.05, 0.1) is 19.1 Å². The van der Waals surface area contributed by atoms with Crippen LogP contribution in [0.25, 0.3) is 10.6 Å². The van der Waals surface area contributed by atoms with Crippen LogP contribution in [-0.4, -0.2) is 50.2 Å². The topological polar surface area (TPSA) is 81.6 Å².